The lowest BCUT2D eigenvalue weighted by molar-refractivity contribution is -0.476. The second-order valence-electron chi connectivity index (χ2n) is 2.86. The lowest BCUT2D eigenvalue weighted by atomic mass is 10.4. The minimum Gasteiger partial charge on any atom is -0.241 e. The summed E-state index contributed by atoms with van der Waals surface area (Å²) in [5.74, 6) is 0. The van der Waals surface area contributed by atoms with Gasteiger partial charge in [0.2, 0.25) is 0 Å². The zero-order valence-electron chi connectivity index (χ0n) is 6.60. The van der Waals surface area contributed by atoms with E-state index in [4.69, 9.17) is 0 Å². The second kappa shape index (κ2) is 2.99. The van der Waals surface area contributed by atoms with Crippen LogP contribution in [0.3, 0.4) is 0 Å². The fraction of sp³-hybridized carbons (Fsp3) is 0.857. The first-order valence-corrected chi connectivity index (χ1v) is 3.66. The van der Waals surface area contributed by atoms with E-state index >= 15 is 0 Å². The number of amidine groups is 1. The molecule has 0 atom stereocenters. The van der Waals surface area contributed by atoms with Crippen LogP contribution in [0.15, 0.2) is 0 Å². The van der Waals surface area contributed by atoms with Gasteiger partial charge in [0.05, 0.1) is 27.2 Å². The average molecular weight is 145 g/mol. The molecule has 1 saturated heterocycles. The number of hydrogen-bond acceptors (Lipinski definition) is 0. The van der Waals surface area contributed by atoms with E-state index in [0.717, 1.165) is 25.9 Å². The van der Waals surface area contributed by atoms with Crippen molar-refractivity contribution in [3.63, 3.8) is 0 Å². The molecule has 0 aromatic carbocycles. The summed E-state index contributed by atoms with van der Waals surface area (Å²) in [4.78, 5) is 1.78. The van der Waals surface area contributed by atoms with Crippen molar-refractivity contribution in [2.24, 2.45) is 0 Å². The molecule has 1 fully saturated rings. The Bertz CT molecular complexity index is 144. The van der Waals surface area contributed by atoms with Crippen LogP contribution in [0.2, 0.25) is 0 Å². The van der Waals surface area contributed by atoms with E-state index in [-0.39, 0.29) is 6.09 Å². The smallest absolute Gasteiger partial charge is 0.241 e. The lowest BCUT2D eigenvalue weighted by Crippen LogP contribution is -2.30. The number of rotatable bonds is 0. The highest BCUT2D eigenvalue weighted by molar-refractivity contribution is 5.67. The Morgan fingerprint density at radius 2 is 1.80 bits per heavy atom. The monoisotopic (exact) mass is 145 g/mol. The maximum absolute atomic E-state index is 13.0. The Morgan fingerprint density at radius 1 is 1.30 bits per heavy atom. The van der Waals surface area contributed by atoms with Crippen LogP contribution in [0.5, 0.6) is 0 Å². The van der Waals surface area contributed by atoms with Crippen LogP contribution in [0.1, 0.15) is 12.8 Å². The molecular weight excluding hydrogens is 131 g/mol. The number of nitrogens with zero attached hydrogens (tertiary/aromatic N) is 2. The van der Waals surface area contributed by atoms with Gasteiger partial charge in [0.25, 0.3) is 0 Å². The van der Waals surface area contributed by atoms with Crippen molar-refractivity contribution in [2.75, 3.05) is 27.2 Å². The molecule has 0 bridgehead atoms. The standard InChI is InChI=1S/C7H14FN2/c1-9(2)7(8)10-5-3-4-6-10/h3-6H2,1-2H3/q+1. The summed E-state index contributed by atoms with van der Waals surface area (Å²) >= 11 is 0. The van der Waals surface area contributed by atoms with Gasteiger partial charge in [-0.3, -0.25) is 0 Å². The van der Waals surface area contributed by atoms with Crippen molar-refractivity contribution in [1.29, 1.82) is 0 Å². The van der Waals surface area contributed by atoms with Crippen molar-refractivity contribution in [1.82, 2.24) is 4.90 Å². The van der Waals surface area contributed by atoms with Crippen molar-refractivity contribution in [3.05, 3.63) is 0 Å². The van der Waals surface area contributed by atoms with Crippen LogP contribution in [-0.2, 0) is 0 Å². The highest BCUT2D eigenvalue weighted by atomic mass is 19.1. The Morgan fingerprint density at radius 3 is 2.20 bits per heavy atom. The van der Waals surface area contributed by atoms with Crippen molar-refractivity contribution in [3.8, 4) is 0 Å². The predicted octanol–water partition coefficient (Wildman–Crippen LogP) is 0.680. The Labute approximate surface area is 61.0 Å². The highest BCUT2D eigenvalue weighted by Crippen LogP contribution is 2.07. The zero-order valence-corrected chi connectivity index (χ0v) is 6.60. The third kappa shape index (κ3) is 1.46. The number of halogens is 1. The maximum Gasteiger partial charge on any atom is 0.435 e. The van der Waals surface area contributed by atoms with Gasteiger partial charge in [-0.25, -0.2) is 9.48 Å². The molecule has 1 heterocycles. The van der Waals surface area contributed by atoms with Gasteiger partial charge >= 0.3 is 6.09 Å². The van der Waals surface area contributed by atoms with E-state index in [2.05, 4.69) is 0 Å². The van der Waals surface area contributed by atoms with Crippen molar-refractivity contribution >= 4 is 6.09 Å². The lowest BCUT2D eigenvalue weighted by Gasteiger charge is -2.05. The zero-order chi connectivity index (χ0) is 7.56. The second-order valence-corrected chi connectivity index (χ2v) is 2.86. The van der Waals surface area contributed by atoms with Crippen LogP contribution < -0.4 is 0 Å². The van der Waals surface area contributed by atoms with Gasteiger partial charge in [-0.2, -0.15) is 0 Å². The molecule has 10 heavy (non-hydrogen) atoms. The maximum atomic E-state index is 13.0. The molecule has 1 rings (SSSR count). The van der Waals surface area contributed by atoms with Gasteiger partial charge in [-0.15, -0.1) is 4.39 Å². The molecule has 0 amide bonds. The quantitative estimate of drug-likeness (QED) is 0.210. The van der Waals surface area contributed by atoms with E-state index in [1.54, 1.807) is 19.0 Å². The minimum atomic E-state index is -0.0995. The first-order chi connectivity index (χ1) is 4.72. The molecule has 0 saturated carbocycles. The summed E-state index contributed by atoms with van der Waals surface area (Å²) in [7, 11) is 3.46. The SMILES string of the molecule is C[N+](C)=C(F)N1CCCC1. The largest absolute Gasteiger partial charge is 0.435 e. The van der Waals surface area contributed by atoms with Crippen molar-refractivity contribution in [2.45, 2.75) is 12.8 Å². The van der Waals surface area contributed by atoms with E-state index in [1.807, 2.05) is 0 Å². The molecule has 0 aromatic rings. The fourth-order valence-corrected chi connectivity index (χ4v) is 1.18. The van der Waals surface area contributed by atoms with Crippen LogP contribution in [0, 0.1) is 0 Å². The summed E-state index contributed by atoms with van der Waals surface area (Å²) in [5.41, 5.74) is 0. The third-order valence-electron chi connectivity index (χ3n) is 1.74. The molecule has 2 nitrogen and oxygen atoms in total. The molecule has 0 N–H and O–H groups in total. The predicted molar refractivity (Wildman–Crippen MR) is 39.0 cm³/mol. The molecule has 1 aliphatic heterocycles. The summed E-state index contributed by atoms with van der Waals surface area (Å²) in [6.07, 6.45) is 2.15. The fourth-order valence-electron chi connectivity index (χ4n) is 1.18. The summed E-state index contributed by atoms with van der Waals surface area (Å²) in [5, 5.41) is 0. The summed E-state index contributed by atoms with van der Waals surface area (Å²) < 4.78 is 14.5. The van der Waals surface area contributed by atoms with Crippen LogP contribution in [0.4, 0.5) is 4.39 Å². The topological polar surface area (TPSA) is 6.25 Å². The number of hydrogen-bond donors (Lipinski definition) is 0. The highest BCUT2D eigenvalue weighted by Gasteiger charge is 2.23. The van der Waals surface area contributed by atoms with E-state index in [1.165, 1.54) is 4.58 Å². The average Bonchev–Trinajstić information content (AvgIpc) is 2.36. The molecule has 0 aromatic heterocycles. The molecular formula is C7H14FN2+. The molecule has 1 aliphatic rings. The van der Waals surface area contributed by atoms with Gasteiger partial charge < -0.3 is 0 Å². The Hall–Kier alpha value is -0.600. The first-order valence-electron chi connectivity index (χ1n) is 3.66. The molecule has 58 valence electrons. The molecule has 0 spiro atoms. The summed E-state index contributed by atoms with van der Waals surface area (Å²) in [6.45, 7) is 1.76. The third-order valence-corrected chi connectivity index (χ3v) is 1.74. The minimum absolute atomic E-state index is 0.0995. The van der Waals surface area contributed by atoms with Crippen LogP contribution >= 0.6 is 0 Å². The number of likely N-dealkylation sites (tertiary alicyclic amines) is 1. The Kier molecular flexibility index (Phi) is 2.25. The molecule has 0 aliphatic carbocycles. The van der Waals surface area contributed by atoms with E-state index in [0.29, 0.717) is 0 Å². The molecule has 0 radical (unpaired) electrons. The van der Waals surface area contributed by atoms with E-state index < -0.39 is 0 Å². The van der Waals surface area contributed by atoms with E-state index in [9.17, 15) is 4.39 Å². The van der Waals surface area contributed by atoms with Crippen LogP contribution in [0.25, 0.3) is 0 Å². The van der Waals surface area contributed by atoms with Gasteiger partial charge in [0.15, 0.2) is 0 Å². The van der Waals surface area contributed by atoms with Gasteiger partial charge in [-0.05, 0) is 12.8 Å². The molecule has 0 unspecified atom stereocenters. The van der Waals surface area contributed by atoms with Gasteiger partial charge in [-0.1, -0.05) is 0 Å². The summed E-state index contributed by atoms with van der Waals surface area (Å²) in [6, 6.07) is 0. The molecule has 3 heteroatoms. The van der Waals surface area contributed by atoms with Crippen molar-refractivity contribution < 1.29 is 8.97 Å². The van der Waals surface area contributed by atoms with Crippen LogP contribution in [-0.4, -0.2) is 42.7 Å². The van der Waals surface area contributed by atoms with Gasteiger partial charge in [0.1, 0.15) is 0 Å². The normalized spacial score (nSPS) is 17.7. The van der Waals surface area contributed by atoms with Gasteiger partial charge in [0, 0.05) is 0 Å². The Balaban J connectivity index is 2.56. The first kappa shape index (κ1) is 7.51.